The number of rotatable bonds is 8. The average Bonchev–Trinajstić information content (AvgIpc) is 3.24. The Morgan fingerprint density at radius 3 is 2.50 bits per heavy atom. The van der Waals surface area contributed by atoms with Gasteiger partial charge in [-0.1, -0.05) is 6.07 Å². The van der Waals surface area contributed by atoms with Crippen molar-refractivity contribution in [3.05, 3.63) is 41.5 Å². The van der Waals surface area contributed by atoms with Gasteiger partial charge in [0, 0.05) is 11.5 Å². The number of phenolic OH excluding ortho intramolecular Hbond substituents is 1. The molecule has 10 heteroatoms. The first-order chi connectivity index (χ1) is 14.5. The number of methoxy groups -OCH3 is 3. The van der Waals surface area contributed by atoms with Gasteiger partial charge in [0.05, 0.1) is 39.5 Å². The van der Waals surface area contributed by atoms with Crippen molar-refractivity contribution in [3.63, 3.8) is 0 Å². The summed E-state index contributed by atoms with van der Waals surface area (Å²) in [6.07, 6.45) is -0.0355. The highest BCUT2D eigenvalue weighted by Crippen LogP contribution is 2.41. The summed E-state index contributed by atoms with van der Waals surface area (Å²) in [5.41, 5.74) is 2.27. The Kier molecular flexibility index (Phi) is 6.68. The van der Waals surface area contributed by atoms with E-state index in [2.05, 4.69) is 13.5 Å². The second kappa shape index (κ2) is 9.40. The Balaban J connectivity index is 2.06. The molecule has 0 radical (unpaired) electrons. The molecule has 1 atom stereocenters. The number of carbonyl (C=O) groups is 2. The largest absolute Gasteiger partial charge is 0.508 e. The lowest BCUT2D eigenvalue weighted by atomic mass is 9.86. The van der Waals surface area contributed by atoms with Crippen molar-refractivity contribution >= 4 is 34.7 Å². The van der Waals surface area contributed by atoms with Gasteiger partial charge in [-0.05, 0) is 29.8 Å². The van der Waals surface area contributed by atoms with Gasteiger partial charge >= 0.3 is 11.9 Å². The second-order valence-electron chi connectivity index (χ2n) is 6.24. The Bertz CT molecular complexity index is 1070. The third kappa shape index (κ3) is 4.43. The van der Waals surface area contributed by atoms with Gasteiger partial charge in [-0.2, -0.15) is 8.75 Å². The molecule has 0 bridgehead atoms. The van der Waals surface area contributed by atoms with Gasteiger partial charge in [0.2, 0.25) is 0 Å². The van der Waals surface area contributed by atoms with Gasteiger partial charge in [-0.3, -0.25) is 4.79 Å². The van der Waals surface area contributed by atoms with Crippen LogP contribution in [0.3, 0.4) is 0 Å². The monoisotopic (exact) mass is 432 g/mol. The molecule has 158 valence electrons. The third-order valence-electron chi connectivity index (χ3n) is 4.55. The second-order valence-corrected chi connectivity index (χ2v) is 6.77. The molecule has 0 spiro atoms. The molecule has 9 nitrogen and oxygen atoms in total. The maximum Gasteiger partial charge on any atom is 0.343 e. The van der Waals surface area contributed by atoms with E-state index in [-0.39, 0.29) is 18.8 Å². The van der Waals surface area contributed by atoms with Crippen LogP contribution in [0.2, 0.25) is 0 Å². The zero-order valence-electron chi connectivity index (χ0n) is 16.6. The molecule has 1 heterocycles. The Morgan fingerprint density at radius 2 is 1.80 bits per heavy atom. The number of hydrogen-bond donors (Lipinski definition) is 1. The lowest BCUT2D eigenvalue weighted by molar-refractivity contribution is -0.143. The first-order valence-corrected chi connectivity index (χ1v) is 9.60. The van der Waals surface area contributed by atoms with Crippen LogP contribution < -0.4 is 9.47 Å². The summed E-state index contributed by atoms with van der Waals surface area (Å²) in [6, 6.07) is 8.21. The minimum atomic E-state index is -0.575. The van der Waals surface area contributed by atoms with Gasteiger partial charge in [-0.25, -0.2) is 4.79 Å². The van der Waals surface area contributed by atoms with E-state index < -0.39 is 17.9 Å². The highest BCUT2D eigenvalue weighted by Gasteiger charge is 2.26. The Hall–Kier alpha value is -3.40. The Morgan fingerprint density at radius 1 is 1.03 bits per heavy atom. The fraction of sp³-hybridized carbons (Fsp3) is 0.300. The predicted octanol–water partition coefficient (Wildman–Crippen LogP) is 2.65. The topological polar surface area (TPSA) is 117 Å². The maximum atomic E-state index is 12.1. The molecule has 1 N–H and O–H groups in total. The van der Waals surface area contributed by atoms with Crippen molar-refractivity contribution < 1.29 is 33.6 Å². The number of ether oxygens (including phenoxy) is 4. The molecule has 0 amide bonds. The first kappa shape index (κ1) is 21.3. The number of esters is 2. The molecule has 0 aliphatic rings. The van der Waals surface area contributed by atoms with Crippen molar-refractivity contribution in [2.45, 2.75) is 12.3 Å². The van der Waals surface area contributed by atoms with Gasteiger partial charge < -0.3 is 24.1 Å². The van der Waals surface area contributed by atoms with Gasteiger partial charge in [0.15, 0.2) is 18.1 Å². The van der Waals surface area contributed by atoms with E-state index in [0.717, 1.165) is 11.7 Å². The fourth-order valence-electron chi connectivity index (χ4n) is 3.06. The summed E-state index contributed by atoms with van der Waals surface area (Å²) >= 11 is 1.02. The number of phenols is 1. The van der Waals surface area contributed by atoms with Crippen molar-refractivity contribution in [3.8, 4) is 17.2 Å². The molecular weight excluding hydrogens is 412 g/mol. The van der Waals surface area contributed by atoms with Crippen LogP contribution in [0.1, 0.15) is 23.5 Å². The van der Waals surface area contributed by atoms with E-state index in [1.165, 1.54) is 27.4 Å². The van der Waals surface area contributed by atoms with Gasteiger partial charge in [0.1, 0.15) is 16.8 Å². The summed E-state index contributed by atoms with van der Waals surface area (Å²) in [5.74, 6) is -0.875. The lowest BCUT2D eigenvalue weighted by Gasteiger charge is -2.20. The fourth-order valence-corrected chi connectivity index (χ4v) is 3.61. The van der Waals surface area contributed by atoms with Crippen LogP contribution in [-0.2, 0) is 19.1 Å². The molecule has 1 unspecified atom stereocenters. The summed E-state index contributed by atoms with van der Waals surface area (Å²) in [6.45, 7) is -0.275. The molecule has 0 fully saturated rings. The van der Waals surface area contributed by atoms with Crippen molar-refractivity contribution in [2.75, 3.05) is 27.9 Å². The normalized spacial score (nSPS) is 11.7. The lowest BCUT2D eigenvalue weighted by Crippen LogP contribution is -2.14. The quantitative estimate of drug-likeness (QED) is 0.536. The summed E-state index contributed by atoms with van der Waals surface area (Å²) in [4.78, 5) is 23.5. The van der Waals surface area contributed by atoms with E-state index in [4.69, 9.17) is 14.2 Å². The van der Waals surface area contributed by atoms with Crippen molar-refractivity contribution in [2.24, 2.45) is 0 Å². The van der Waals surface area contributed by atoms with Crippen LogP contribution in [0.5, 0.6) is 17.2 Å². The first-order valence-electron chi connectivity index (χ1n) is 8.87. The van der Waals surface area contributed by atoms with E-state index in [0.29, 0.717) is 33.7 Å². The number of aromatic hydroxyl groups is 1. The van der Waals surface area contributed by atoms with Crippen LogP contribution >= 0.6 is 11.7 Å². The minimum absolute atomic E-state index is 0.00547. The smallest absolute Gasteiger partial charge is 0.343 e. The predicted molar refractivity (Wildman–Crippen MR) is 108 cm³/mol. The molecule has 0 aliphatic heterocycles. The van der Waals surface area contributed by atoms with Crippen LogP contribution in [0, 0.1) is 0 Å². The summed E-state index contributed by atoms with van der Waals surface area (Å²) in [7, 11) is 4.03. The van der Waals surface area contributed by atoms with E-state index in [9.17, 15) is 14.7 Å². The van der Waals surface area contributed by atoms with Crippen molar-refractivity contribution in [1.29, 1.82) is 0 Å². The zero-order valence-corrected chi connectivity index (χ0v) is 17.4. The summed E-state index contributed by atoms with van der Waals surface area (Å²) in [5, 5.41) is 10.6. The SMILES string of the molecule is COC(=O)COc1ccc(C(CC(=O)OC)c2c(O)ccc3nsnc23)cc1OC. The molecule has 0 saturated heterocycles. The number of fused-ring (bicyclic) bond motifs is 1. The van der Waals surface area contributed by atoms with Gasteiger partial charge in [0.25, 0.3) is 0 Å². The number of aromatic nitrogens is 2. The van der Waals surface area contributed by atoms with E-state index in [1.807, 2.05) is 0 Å². The number of hydrogen-bond acceptors (Lipinski definition) is 10. The zero-order chi connectivity index (χ0) is 21.7. The maximum absolute atomic E-state index is 12.1. The highest BCUT2D eigenvalue weighted by atomic mass is 32.1. The number of nitrogens with zero attached hydrogens (tertiary/aromatic N) is 2. The Labute approximate surface area is 176 Å². The molecular formula is C20H20N2O7S. The van der Waals surface area contributed by atoms with Crippen LogP contribution in [0.15, 0.2) is 30.3 Å². The summed E-state index contributed by atoms with van der Waals surface area (Å²) < 4.78 is 28.8. The molecule has 0 saturated carbocycles. The molecule has 3 rings (SSSR count). The number of carbonyl (C=O) groups excluding carboxylic acids is 2. The average molecular weight is 432 g/mol. The molecule has 0 aliphatic carbocycles. The van der Waals surface area contributed by atoms with Crippen LogP contribution in [0.25, 0.3) is 11.0 Å². The van der Waals surface area contributed by atoms with Gasteiger partial charge in [-0.15, -0.1) is 0 Å². The standard InChI is InChI=1S/C20H20N2O7S/c1-26-16-8-11(4-7-15(16)29-10-18(25)28-3)12(9-17(24)27-2)19-14(23)6-5-13-20(19)22-30-21-13/h4-8,12,23H,9-10H2,1-3H3. The van der Waals surface area contributed by atoms with Crippen molar-refractivity contribution in [1.82, 2.24) is 8.75 Å². The molecule has 2 aromatic carbocycles. The van der Waals surface area contributed by atoms with Crippen LogP contribution in [0.4, 0.5) is 0 Å². The van der Waals surface area contributed by atoms with E-state index in [1.54, 1.807) is 24.3 Å². The van der Waals surface area contributed by atoms with Crippen LogP contribution in [-0.4, -0.2) is 53.7 Å². The molecule has 30 heavy (non-hydrogen) atoms. The highest BCUT2D eigenvalue weighted by molar-refractivity contribution is 7.00. The molecule has 3 aromatic rings. The minimum Gasteiger partial charge on any atom is -0.508 e. The van der Waals surface area contributed by atoms with E-state index >= 15 is 0 Å². The number of benzene rings is 2. The molecule has 1 aromatic heterocycles. The third-order valence-corrected chi connectivity index (χ3v) is 5.10.